The van der Waals surface area contributed by atoms with Crippen LogP contribution in [0.5, 0.6) is 0 Å². The predicted octanol–water partition coefficient (Wildman–Crippen LogP) is -1.04. The van der Waals surface area contributed by atoms with Gasteiger partial charge in [-0.05, 0) is 5.41 Å². The van der Waals surface area contributed by atoms with Gasteiger partial charge < -0.3 is 16.8 Å². The monoisotopic (exact) mass is 187 g/mol. The van der Waals surface area contributed by atoms with Gasteiger partial charge in [0.15, 0.2) is 0 Å². The van der Waals surface area contributed by atoms with Crippen LogP contribution in [-0.4, -0.2) is 24.4 Å². The summed E-state index contributed by atoms with van der Waals surface area (Å²) in [5.41, 5.74) is 9.84. The van der Waals surface area contributed by atoms with Crippen molar-refractivity contribution in [3.63, 3.8) is 0 Å². The minimum absolute atomic E-state index is 0.139. The molecular formula is C8H17N3O2. The molecule has 0 aliphatic heterocycles. The Kier molecular flexibility index (Phi) is 3.87. The van der Waals surface area contributed by atoms with Gasteiger partial charge in [-0.25, -0.2) is 0 Å². The van der Waals surface area contributed by atoms with Crippen molar-refractivity contribution in [2.24, 2.45) is 16.9 Å². The number of hydrogen-bond acceptors (Lipinski definition) is 3. The third kappa shape index (κ3) is 3.89. The maximum Gasteiger partial charge on any atom is 0.240 e. The Bertz CT molecular complexity index is 208. The minimum Gasteiger partial charge on any atom is -0.368 e. The van der Waals surface area contributed by atoms with Crippen LogP contribution in [0.25, 0.3) is 0 Å². The van der Waals surface area contributed by atoms with Crippen LogP contribution in [0.4, 0.5) is 0 Å². The molecule has 0 fully saturated rings. The first-order valence-corrected chi connectivity index (χ1v) is 4.07. The Hall–Kier alpha value is -1.10. The molecule has 0 aromatic heterocycles. The van der Waals surface area contributed by atoms with E-state index in [1.54, 1.807) is 0 Å². The highest BCUT2D eigenvalue weighted by molar-refractivity contribution is 5.87. The fourth-order valence-corrected chi connectivity index (χ4v) is 0.934. The summed E-state index contributed by atoms with van der Waals surface area (Å²) in [4.78, 5) is 21.9. The Morgan fingerprint density at radius 1 is 1.38 bits per heavy atom. The molecule has 0 aromatic carbocycles. The zero-order chi connectivity index (χ0) is 10.6. The highest BCUT2D eigenvalue weighted by Crippen LogP contribution is 2.18. The van der Waals surface area contributed by atoms with E-state index in [9.17, 15) is 9.59 Å². The number of hydrogen-bond donors (Lipinski definition) is 3. The van der Waals surface area contributed by atoms with Crippen molar-refractivity contribution in [2.75, 3.05) is 6.54 Å². The lowest BCUT2D eigenvalue weighted by Gasteiger charge is -2.28. The van der Waals surface area contributed by atoms with Crippen LogP contribution in [0.15, 0.2) is 0 Å². The van der Waals surface area contributed by atoms with Crippen molar-refractivity contribution < 1.29 is 9.59 Å². The first-order valence-electron chi connectivity index (χ1n) is 4.07. The molecule has 0 aliphatic carbocycles. The fourth-order valence-electron chi connectivity index (χ4n) is 0.934. The van der Waals surface area contributed by atoms with Crippen LogP contribution in [0, 0.1) is 5.41 Å². The lowest BCUT2D eigenvalue weighted by molar-refractivity contribution is -0.129. The van der Waals surface area contributed by atoms with Crippen molar-refractivity contribution in [3.8, 4) is 0 Å². The second-order valence-corrected chi connectivity index (χ2v) is 3.97. The van der Waals surface area contributed by atoms with E-state index in [-0.39, 0.29) is 12.5 Å². The normalized spacial score (nSPS) is 13.5. The van der Waals surface area contributed by atoms with E-state index < -0.39 is 17.4 Å². The molecule has 5 N–H and O–H groups in total. The smallest absolute Gasteiger partial charge is 0.240 e. The largest absolute Gasteiger partial charge is 0.368 e. The molecule has 1 atom stereocenters. The number of carbonyl (C=O) groups excluding carboxylic acids is 2. The molecule has 0 saturated carbocycles. The molecule has 0 saturated heterocycles. The molecule has 0 unspecified atom stereocenters. The van der Waals surface area contributed by atoms with E-state index in [2.05, 4.69) is 5.32 Å². The minimum atomic E-state index is -0.677. The molecule has 0 spiro atoms. The van der Waals surface area contributed by atoms with Gasteiger partial charge in [-0.2, -0.15) is 0 Å². The van der Waals surface area contributed by atoms with Crippen LogP contribution in [0.3, 0.4) is 0 Å². The van der Waals surface area contributed by atoms with E-state index in [0.717, 1.165) is 0 Å². The summed E-state index contributed by atoms with van der Waals surface area (Å²) in [5.74, 6) is -0.923. The predicted molar refractivity (Wildman–Crippen MR) is 49.6 cm³/mol. The summed E-state index contributed by atoms with van der Waals surface area (Å²) < 4.78 is 0. The van der Waals surface area contributed by atoms with Gasteiger partial charge in [0.1, 0.15) is 6.04 Å². The molecule has 0 aromatic rings. The molecule has 0 radical (unpaired) electrons. The summed E-state index contributed by atoms with van der Waals surface area (Å²) in [7, 11) is 0. The molecule has 0 aliphatic rings. The van der Waals surface area contributed by atoms with Crippen LogP contribution in [0.1, 0.15) is 20.8 Å². The number of nitrogens with two attached hydrogens (primary N) is 2. The Labute approximate surface area is 77.8 Å². The molecule has 2 amide bonds. The SMILES string of the molecule is CC(C)(C)[C@H](NC(=O)CN)C(N)=O. The first kappa shape index (κ1) is 11.9. The molecular weight excluding hydrogens is 170 g/mol. The summed E-state index contributed by atoms with van der Waals surface area (Å²) in [6.45, 7) is 5.32. The second kappa shape index (κ2) is 4.23. The summed E-state index contributed by atoms with van der Waals surface area (Å²) in [6.07, 6.45) is 0. The fraction of sp³-hybridized carbons (Fsp3) is 0.750. The van der Waals surface area contributed by atoms with Crippen molar-refractivity contribution in [1.82, 2.24) is 5.32 Å². The van der Waals surface area contributed by atoms with Crippen molar-refractivity contribution >= 4 is 11.8 Å². The lowest BCUT2D eigenvalue weighted by Crippen LogP contribution is -2.53. The van der Waals surface area contributed by atoms with Gasteiger partial charge in [-0.1, -0.05) is 20.8 Å². The first-order chi connectivity index (χ1) is 5.79. The van der Waals surface area contributed by atoms with E-state index in [1.807, 2.05) is 20.8 Å². The van der Waals surface area contributed by atoms with Crippen LogP contribution in [0.2, 0.25) is 0 Å². The topological polar surface area (TPSA) is 98.2 Å². The number of primary amides is 1. The molecule has 0 heterocycles. The van der Waals surface area contributed by atoms with E-state index >= 15 is 0 Å². The van der Waals surface area contributed by atoms with Gasteiger partial charge in [0.05, 0.1) is 6.54 Å². The van der Waals surface area contributed by atoms with Crippen molar-refractivity contribution in [1.29, 1.82) is 0 Å². The van der Waals surface area contributed by atoms with E-state index in [0.29, 0.717) is 0 Å². The van der Waals surface area contributed by atoms with Gasteiger partial charge in [-0.3, -0.25) is 9.59 Å². The number of nitrogens with one attached hydrogen (secondary N) is 1. The molecule has 13 heavy (non-hydrogen) atoms. The highest BCUT2D eigenvalue weighted by Gasteiger charge is 2.30. The average Bonchev–Trinajstić information content (AvgIpc) is 1.96. The van der Waals surface area contributed by atoms with Gasteiger partial charge in [0, 0.05) is 0 Å². The summed E-state index contributed by atoms with van der Waals surface area (Å²) in [5, 5.41) is 2.47. The average molecular weight is 187 g/mol. The summed E-state index contributed by atoms with van der Waals surface area (Å²) >= 11 is 0. The maximum absolute atomic E-state index is 11.0. The zero-order valence-corrected chi connectivity index (χ0v) is 8.26. The van der Waals surface area contributed by atoms with Gasteiger partial charge in [0.25, 0.3) is 0 Å². The quantitative estimate of drug-likeness (QED) is 0.526. The van der Waals surface area contributed by atoms with Crippen LogP contribution in [-0.2, 0) is 9.59 Å². The highest BCUT2D eigenvalue weighted by atomic mass is 16.2. The maximum atomic E-state index is 11.0. The third-order valence-electron chi connectivity index (χ3n) is 1.64. The lowest BCUT2D eigenvalue weighted by atomic mass is 9.86. The molecule has 76 valence electrons. The number of amides is 2. The van der Waals surface area contributed by atoms with E-state index in [1.165, 1.54) is 0 Å². The van der Waals surface area contributed by atoms with Gasteiger partial charge in [0.2, 0.25) is 11.8 Å². The molecule has 5 nitrogen and oxygen atoms in total. The number of carbonyl (C=O) groups is 2. The van der Waals surface area contributed by atoms with Crippen LogP contribution >= 0.6 is 0 Å². The summed E-state index contributed by atoms with van der Waals surface area (Å²) in [6, 6.07) is -0.677. The van der Waals surface area contributed by atoms with Crippen molar-refractivity contribution in [3.05, 3.63) is 0 Å². The molecule has 0 bridgehead atoms. The number of rotatable bonds is 3. The Morgan fingerprint density at radius 2 is 1.85 bits per heavy atom. The van der Waals surface area contributed by atoms with Gasteiger partial charge in [-0.15, -0.1) is 0 Å². The Morgan fingerprint density at radius 3 is 2.08 bits per heavy atom. The standard InChI is InChI=1S/C8H17N3O2/c1-8(2,3)6(7(10)13)11-5(12)4-9/h6H,4,9H2,1-3H3,(H2,10,13)(H,11,12)/t6-/m1/s1. The second-order valence-electron chi connectivity index (χ2n) is 3.97. The van der Waals surface area contributed by atoms with E-state index in [4.69, 9.17) is 11.5 Å². The zero-order valence-electron chi connectivity index (χ0n) is 8.26. The Balaban J connectivity index is 4.46. The van der Waals surface area contributed by atoms with Crippen LogP contribution < -0.4 is 16.8 Å². The van der Waals surface area contributed by atoms with Crippen molar-refractivity contribution in [2.45, 2.75) is 26.8 Å². The molecule has 5 heteroatoms. The molecule has 0 rings (SSSR count). The third-order valence-corrected chi connectivity index (χ3v) is 1.64. The van der Waals surface area contributed by atoms with Gasteiger partial charge >= 0.3 is 0 Å².